The summed E-state index contributed by atoms with van der Waals surface area (Å²) in [4.78, 5) is 15.8. The summed E-state index contributed by atoms with van der Waals surface area (Å²) in [5.41, 5.74) is 6.33. The standard InChI is InChI=1S/C27H22NO.C9H16O2.Ir/c1-17-6-4-9-22-23-10-5-11-24(27(23)29-26(17)22)25-21-13-12-19(18-7-2-3-8-18)16-20(21)14-15-28-25;1-6(2)8(10)5-9(11)7(3)4;/h4-6,9-10,12-16,18H,2-3,7-8H2,1H3;5-7,10H,1-4H3;/q-1;;/b;8-5-;. The van der Waals surface area contributed by atoms with Crippen molar-refractivity contribution in [1.82, 2.24) is 4.98 Å². The number of pyridine rings is 1. The van der Waals surface area contributed by atoms with Crippen molar-refractivity contribution in [2.75, 3.05) is 0 Å². The van der Waals surface area contributed by atoms with Crippen LogP contribution in [0.4, 0.5) is 0 Å². The van der Waals surface area contributed by atoms with E-state index in [1.54, 1.807) is 0 Å². The molecule has 3 aromatic carbocycles. The van der Waals surface area contributed by atoms with Crippen LogP contribution >= 0.6 is 0 Å². The fourth-order valence-corrected chi connectivity index (χ4v) is 5.47. The third-order valence-corrected chi connectivity index (χ3v) is 7.96. The van der Waals surface area contributed by atoms with E-state index >= 15 is 0 Å². The number of fused-ring (bicyclic) bond motifs is 4. The second-order valence-electron chi connectivity index (χ2n) is 11.6. The number of hydrogen-bond acceptors (Lipinski definition) is 4. The predicted molar refractivity (Wildman–Crippen MR) is 165 cm³/mol. The van der Waals surface area contributed by atoms with E-state index in [1.165, 1.54) is 42.7 Å². The summed E-state index contributed by atoms with van der Waals surface area (Å²) in [7, 11) is 0. The zero-order valence-electron chi connectivity index (χ0n) is 24.5. The van der Waals surface area contributed by atoms with Crippen LogP contribution in [0.2, 0.25) is 0 Å². The molecule has 2 heterocycles. The average molecular weight is 725 g/mol. The number of hydrogen-bond donors (Lipinski definition) is 1. The van der Waals surface area contributed by atoms with Crippen molar-refractivity contribution in [2.45, 2.75) is 66.2 Å². The van der Waals surface area contributed by atoms with Gasteiger partial charge in [0.2, 0.25) is 0 Å². The van der Waals surface area contributed by atoms with Gasteiger partial charge in [0.25, 0.3) is 0 Å². The molecule has 0 bridgehead atoms. The van der Waals surface area contributed by atoms with Crippen LogP contribution in [0.1, 0.15) is 70.4 Å². The first-order valence-electron chi connectivity index (χ1n) is 14.4. The Kier molecular flexibility index (Phi) is 9.84. The average Bonchev–Trinajstić information content (AvgIpc) is 3.62. The molecule has 0 amide bonds. The monoisotopic (exact) mass is 725 g/mol. The molecule has 1 radical (unpaired) electrons. The number of rotatable bonds is 5. The number of carbonyl (C=O) groups excluding carboxylic acids is 1. The van der Waals surface area contributed by atoms with E-state index < -0.39 is 0 Å². The molecule has 1 aliphatic carbocycles. The van der Waals surface area contributed by atoms with Crippen molar-refractivity contribution in [1.29, 1.82) is 0 Å². The van der Waals surface area contributed by atoms with Gasteiger partial charge in [-0.05, 0) is 59.3 Å². The number of aromatic nitrogens is 1. The van der Waals surface area contributed by atoms with Gasteiger partial charge in [0.1, 0.15) is 5.58 Å². The predicted octanol–water partition coefficient (Wildman–Crippen LogP) is 9.87. The molecule has 5 heteroatoms. The summed E-state index contributed by atoms with van der Waals surface area (Å²) in [6, 6.07) is 22.8. The molecular formula is C36H38IrNO3-. The van der Waals surface area contributed by atoms with Gasteiger partial charge in [0.05, 0.1) is 11.3 Å². The minimum atomic E-state index is -0.0316. The zero-order valence-corrected chi connectivity index (χ0v) is 26.9. The third kappa shape index (κ3) is 6.47. The van der Waals surface area contributed by atoms with Crippen molar-refractivity contribution < 1.29 is 34.4 Å². The first-order chi connectivity index (χ1) is 19.2. The number of aliphatic hydroxyl groups is 1. The van der Waals surface area contributed by atoms with Gasteiger partial charge in [-0.1, -0.05) is 87.9 Å². The number of benzene rings is 3. The first kappa shape index (κ1) is 30.7. The molecule has 0 saturated heterocycles. The van der Waals surface area contributed by atoms with E-state index in [0.717, 1.165) is 44.1 Å². The third-order valence-electron chi connectivity index (χ3n) is 7.96. The molecule has 6 rings (SSSR count). The second kappa shape index (κ2) is 13.1. The molecule has 2 aromatic heterocycles. The molecule has 215 valence electrons. The van der Waals surface area contributed by atoms with Crippen molar-refractivity contribution in [3.8, 4) is 11.3 Å². The Morgan fingerprint density at radius 2 is 1.71 bits per heavy atom. The van der Waals surface area contributed by atoms with Gasteiger partial charge in [-0.25, -0.2) is 0 Å². The molecule has 1 fully saturated rings. The zero-order chi connectivity index (χ0) is 28.4. The SMILES string of the molecule is CC(C)C(=O)/C=C(\O)C(C)C.Cc1cccc2c1oc1c(-c3nccc4cc(C5CCCC5)ccc34)[c-]ccc12.[Ir]. The van der Waals surface area contributed by atoms with Gasteiger partial charge in [0, 0.05) is 49.6 Å². The molecular weight excluding hydrogens is 687 g/mol. The quantitative estimate of drug-likeness (QED) is 0.111. The molecule has 0 atom stereocenters. The van der Waals surface area contributed by atoms with Gasteiger partial charge in [-0.2, -0.15) is 0 Å². The van der Waals surface area contributed by atoms with E-state index in [-0.39, 0.29) is 43.5 Å². The number of aliphatic hydroxyl groups excluding tert-OH is 1. The normalized spacial score (nSPS) is 14.1. The molecule has 4 nitrogen and oxygen atoms in total. The van der Waals surface area contributed by atoms with E-state index in [0.29, 0.717) is 5.92 Å². The van der Waals surface area contributed by atoms with Crippen molar-refractivity contribution in [3.05, 3.63) is 89.8 Å². The van der Waals surface area contributed by atoms with Crippen molar-refractivity contribution >= 4 is 38.5 Å². The summed E-state index contributed by atoms with van der Waals surface area (Å²) in [6.45, 7) is 9.41. The summed E-state index contributed by atoms with van der Waals surface area (Å²) >= 11 is 0. The molecule has 0 spiro atoms. The smallest absolute Gasteiger partial charge is 0.161 e. The molecule has 0 aliphatic heterocycles. The van der Waals surface area contributed by atoms with E-state index in [9.17, 15) is 9.90 Å². The van der Waals surface area contributed by atoms with Crippen LogP contribution in [0.15, 0.2) is 77.0 Å². The van der Waals surface area contributed by atoms with Crippen LogP contribution in [-0.2, 0) is 24.9 Å². The molecule has 5 aromatic rings. The largest absolute Gasteiger partial charge is 0.512 e. The van der Waals surface area contributed by atoms with Crippen LogP contribution in [0.25, 0.3) is 44.0 Å². The molecule has 1 aliphatic rings. The number of aryl methyl sites for hydroxylation is 1. The maximum absolute atomic E-state index is 11.0. The number of allylic oxidation sites excluding steroid dienone is 2. The summed E-state index contributed by atoms with van der Waals surface area (Å²) in [5.74, 6) is 0.873. The summed E-state index contributed by atoms with van der Waals surface area (Å²) < 4.78 is 6.35. The van der Waals surface area contributed by atoms with Crippen molar-refractivity contribution in [2.24, 2.45) is 11.8 Å². The van der Waals surface area contributed by atoms with Crippen LogP contribution < -0.4 is 0 Å². The Hall–Kier alpha value is -3.27. The first-order valence-corrected chi connectivity index (χ1v) is 14.4. The minimum absolute atomic E-state index is 0. The van der Waals surface area contributed by atoms with Crippen LogP contribution in [0.5, 0.6) is 0 Å². The molecule has 0 unspecified atom stereocenters. The van der Waals surface area contributed by atoms with E-state index in [1.807, 2.05) is 40.0 Å². The van der Waals surface area contributed by atoms with E-state index in [2.05, 4.69) is 61.5 Å². The Morgan fingerprint density at radius 3 is 2.41 bits per heavy atom. The van der Waals surface area contributed by atoms with Crippen LogP contribution in [0.3, 0.4) is 0 Å². The number of para-hydroxylation sites is 1. The van der Waals surface area contributed by atoms with Gasteiger partial charge in [-0.3, -0.25) is 4.79 Å². The second-order valence-corrected chi connectivity index (χ2v) is 11.6. The summed E-state index contributed by atoms with van der Waals surface area (Å²) in [6.07, 6.45) is 8.56. The number of ketones is 1. The topological polar surface area (TPSA) is 63.3 Å². The molecule has 41 heavy (non-hydrogen) atoms. The molecule has 1 N–H and O–H groups in total. The number of nitrogens with zero attached hydrogens (tertiary/aromatic N) is 1. The Morgan fingerprint density at radius 1 is 0.976 bits per heavy atom. The summed E-state index contributed by atoms with van der Waals surface area (Å²) in [5, 5.41) is 13.9. The van der Waals surface area contributed by atoms with Crippen LogP contribution in [0, 0.1) is 24.8 Å². The van der Waals surface area contributed by atoms with Gasteiger partial charge in [0.15, 0.2) is 5.78 Å². The van der Waals surface area contributed by atoms with E-state index in [4.69, 9.17) is 9.40 Å². The number of furan rings is 1. The van der Waals surface area contributed by atoms with Crippen LogP contribution in [-0.4, -0.2) is 15.9 Å². The van der Waals surface area contributed by atoms with Gasteiger partial charge < -0.3 is 14.5 Å². The Balaban J connectivity index is 0.000000279. The Labute approximate surface area is 256 Å². The maximum Gasteiger partial charge on any atom is 0.161 e. The Bertz CT molecular complexity index is 1710. The molecule has 1 saturated carbocycles. The minimum Gasteiger partial charge on any atom is -0.512 e. The fourth-order valence-electron chi connectivity index (χ4n) is 5.47. The van der Waals surface area contributed by atoms with Gasteiger partial charge >= 0.3 is 0 Å². The number of carbonyl (C=O) groups is 1. The fraction of sp³-hybridized carbons (Fsp3) is 0.333. The maximum atomic E-state index is 11.0. The van der Waals surface area contributed by atoms with Crippen molar-refractivity contribution in [3.63, 3.8) is 0 Å². The van der Waals surface area contributed by atoms with Gasteiger partial charge in [-0.15, -0.1) is 18.2 Å².